The van der Waals surface area contributed by atoms with Crippen LogP contribution in [0.5, 0.6) is 0 Å². The normalized spacial score (nSPS) is 15.6. The number of hydrogen-bond donors (Lipinski definition) is 2. The maximum absolute atomic E-state index is 12.5. The molecule has 1 unspecified atom stereocenters. The Hall–Kier alpha value is -2.56. The summed E-state index contributed by atoms with van der Waals surface area (Å²) in [5.41, 5.74) is 0. The number of nitrogens with zero attached hydrogens (tertiary/aromatic N) is 1. The van der Waals surface area contributed by atoms with Crippen LogP contribution in [0.2, 0.25) is 0 Å². The van der Waals surface area contributed by atoms with Crippen molar-refractivity contribution in [2.24, 2.45) is 0 Å². The first-order chi connectivity index (χ1) is 27.4. The Morgan fingerprint density at radius 2 is 1.32 bits per heavy atom. The van der Waals surface area contributed by atoms with E-state index in [-0.39, 0.29) is 26.2 Å². The van der Waals surface area contributed by atoms with Gasteiger partial charge in [0.25, 0.3) is 7.82 Å². The molecule has 0 heterocycles. The second-order valence-corrected chi connectivity index (χ2v) is 16.8. The molecule has 0 bridgehead atoms. The predicted octanol–water partition coefficient (Wildman–Crippen LogP) is 10.1. The highest BCUT2D eigenvalue weighted by Crippen LogP contribution is 2.38. The fourth-order valence-electron chi connectivity index (χ4n) is 5.27. The number of aliphatic hydroxyl groups is 2. The highest BCUT2D eigenvalue weighted by atomic mass is 31.2. The highest BCUT2D eigenvalue weighted by molar-refractivity contribution is 7.45. The first kappa shape index (κ1) is 54.4. The lowest BCUT2D eigenvalue weighted by molar-refractivity contribution is -0.870. The molecule has 0 rings (SSSR count). The fourth-order valence-corrected chi connectivity index (χ4v) is 6.00. The average Bonchev–Trinajstić information content (AvgIpc) is 3.15. The van der Waals surface area contributed by atoms with Gasteiger partial charge in [0.15, 0.2) is 6.10 Å². The largest absolute Gasteiger partial charge is 0.756 e. The van der Waals surface area contributed by atoms with Crippen molar-refractivity contribution in [3.8, 4) is 0 Å². The number of likely N-dealkylation sites (N-methyl/N-ethyl adjacent to an activating group) is 1. The molecule has 2 N–H and O–H groups in total. The summed E-state index contributed by atoms with van der Waals surface area (Å²) in [5.74, 6) is -0.433. The van der Waals surface area contributed by atoms with Crippen molar-refractivity contribution in [2.45, 2.75) is 154 Å². The zero-order chi connectivity index (χ0) is 42.3. The monoisotopic (exact) mass is 822 g/mol. The predicted molar refractivity (Wildman–Crippen MR) is 233 cm³/mol. The van der Waals surface area contributed by atoms with E-state index in [4.69, 9.17) is 18.5 Å². The van der Waals surface area contributed by atoms with Crippen LogP contribution in [0.3, 0.4) is 0 Å². The molecule has 0 amide bonds. The number of phosphoric acid groups is 1. The summed E-state index contributed by atoms with van der Waals surface area (Å²) >= 11 is 0. The average molecular weight is 822 g/mol. The lowest BCUT2D eigenvalue weighted by Gasteiger charge is -2.28. The molecular weight excluding hydrogens is 741 g/mol. The van der Waals surface area contributed by atoms with E-state index in [0.717, 1.165) is 32.1 Å². The number of hydrogen-bond acceptors (Lipinski definition) is 9. The number of ether oxygens (including phenoxy) is 2. The minimum absolute atomic E-state index is 0.00972. The molecule has 0 spiro atoms. The van der Waals surface area contributed by atoms with E-state index >= 15 is 0 Å². The number of unbranched alkanes of at least 4 members (excludes halogenated alkanes) is 13. The first-order valence-electron chi connectivity index (χ1n) is 21.6. The summed E-state index contributed by atoms with van der Waals surface area (Å²) in [6, 6.07) is 0. The standard InChI is InChI=1S/C46H80NO9P/c1-6-8-10-11-12-13-14-15-16-17-18-22-25-32-39-53-45(42-56-57(51,52)55-40-38-47(3,4)5)41-54-46(50)37-31-26-30-36-44(49)35-29-24-21-19-20-23-28-34-43(48)33-27-9-7-2/h9,20-21,23-24,27-30,32,34-36,39,43-45,48-49H,6-8,10-19,22,25-26,31,33,37-38,40-42H2,1-5H3/b23-20-,24-21-,27-9-,34-28+,35-29+,36-30-,39-32+/t43-,44-,45-/m1/s1. The van der Waals surface area contributed by atoms with Crippen LogP contribution >= 0.6 is 7.82 Å². The molecule has 57 heavy (non-hydrogen) atoms. The molecule has 0 saturated carbocycles. The lowest BCUT2D eigenvalue weighted by Crippen LogP contribution is -2.37. The molecule has 11 heteroatoms. The molecule has 0 aliphatic heterocycles. The van der Waals surface area contributed by atoms with Crippen molar-refractivity contribution >= 4 is 13.8 Å². The second-order valence-electron chi connectivity index (χ2n) is 15.4. The second kappa shape index (κ2) is 37.7. The van der Waals surface area contributed by atoms with Crippen LogP contribution in [-0.4, -0.2) is 86.5 Å². The van der Waals surface area contributed by atoms with Gasteiger partial charge in [0.2, 0.25) is 0 Å². The Kier molecular flexibility index (Phi) is 36.0. The van der Waals surface area contributed by atoms with Crippen molar-refractivity contribution in [1.29, 1.82) is 0 Å². The van der Waals surface area contributed by atoms with Crippen molar-refractivity contribution in [2.75, 3.05) is 47.5 Å². The maximum atomic E-state index is 12.5. The number of allylic oxidation sites excluding steroid dienone is 9. The number of esters is 1. The van der Waals surface area contributed by atoms with Gasteiger partial charge in [-0.2, -0.15) is 0 Å². The molecule has 0 aromatic rings. The molecule has 0 aromatic carbocycles. The van der Waals surface area contributed by atoms with Gasteiger partial charge in [-0.1, -0.05) is 157 Å². The third kappa shape index (κ3) is 41.4. The zero-order valence-electron chi connectivity index (χ0n) is 36.2. The van der Waals surface area contributed by atoms with E-state index < -0.39 is 32.1 Å². The van der Waals surface area contributed by atoms with Gasteiger partial charge in [-0.15, -0.1) is 0 Å². The van der Waals surface area contributed by atoms with E-state index in [1.807, 2.05) is 75.8 Å². The van der Waals surface area contributed by atoms with Crippen molar-refractivity contribution in [3.63, 3.8) is 0 Å². The van der Waals surface area contributed by atoms with Gasteiger partial charge in [0, 0.05) is 6.42 Å². The molecule has 0 aliphatic carbocycles. The van der Waals surface area contributed by atoms with Gasteiger partial charge >= 0.3 is 5.97 Å². The molecule has 0 saturated heterocycles. The Morgan fingerprint density at radius 1 is 0.702 bits per heavy atom. The van der Waals surface area contributed by atoms with Gasteiger partial charge in [-0.05, 0) is 51.0 Å². The summed E-state index contributed by atoms with van der Waals surface area (Å²) in [6.45, 7) is 4.27. The van der Waals surface area contributed by atoms with Crippen LogP contribution in [0.4, 0.5) is 0 Å². The van der Waals surface area contributed by atoms with E-state index in [0.29, 0.717) is 30.3 Å². The molecule has 0 aliphatic rings. The molecule has 10 nitrogen and oxygen atoms in total. The molecule has 4 atom stereocenters. The van der Waals surface area contributed by atoms with Crippen LogP contribution in [0.25, 0.3) is 0 Å². The maximum Gasteiger partial charge on any atom is 0.305 e. The number of carbonyl (C=O) groups excluding carboxylic acids is 1. The summed E-state index contributed by atoms with van der Waals surface area (Å²) in [7, 11) is 1.24. The first-order valence-corrected chi connectivity index (χ1v) is 23.1. The van der Waals surface area contributed by atoms with Crippen molar-refractivity contribution in [3.05, 3.63) is 85.3 Å². The van der Waals surface area contributed by atoms with Crippen LogP contribution < -0.4 is 4.89 Å². The van der Waals surface area contributed by atoms with Crippen LogP contribution in [0.15, 0.2) is 85.3 Å². The fraction of sp³-hybridized carbons (Fsp3) is 0.674. The molecular formula is C46H80NO9P. The smallest absolute Gasteiger partial charge is 0.305 e. The molecule has 0 radical (unpaired) electrons. The van der Waals surface area contributed by atoms with E-state index in [1.165, 1.54) is 70.5 Å². The van der Waals surface area contributed by atoms with E-state index in [1.54, 1.807) is 24.3 Å². The van der Waals surface area contributed by atoms with Gasteiger partial charge in [-0.3, -0.25) is 9.36 Å². The summed E-state index contributed by atoms with van der Waals surface area (Å²) in [4.78, 5) is 24.8. The molecule has 0 aromatic heterocycles. The quantitative estimate of drug-likeness (QED) is 0.0119. The third-order valence-corrected chi connectivity index (χ3v) is 9.69. The van der Waals surface area contributed by atoms with Crippen molar-refractivity contribution in [1.82, 2.24) is 0 Å². The van der Waals surface area contributed by atoms with E-state index in [9.17, 15) is 24.5 Å². The number of quaternary nitrogens is 1. The lowest BCUT2D eigenvalue weighted by atomic mass is 10.0. The van der Waals surface area contributed by atoms with Crippen LogP contribution in [-0.2, 0) is 27.9 Å². The highest BCUT2D eigenvalue weighted by Gasteiger charge is 2.19. The van der Waals surface area contributed by atoms with Gasteiger partial charge in [0.1, 0.15) is 19.8 Å². The van der Waals surface area contributed by atoms with Crippen molar-refractivity contribution < 1.29 is 47.5 Å². The summed E-state index contributed by atoms with van der Waals surface area (Å²) in [5, 5.41) is 20.0. The third-order valence-electron chi connectivity index (χ3n) is 8.72. The van der Waals surface area contributed by atoms with Gasteiger partial charge < -0.3 is 38.1 Å². The Bertz CT molecular complexity index is 1220. The molecule has 0 fully saturated rings. The Balaban J connectivity index is 4.56. The topological polar surface area (TPSA) is 135 Å². The Labute approximate surface area is 347 Å². The SMILES string of the molecule is CC/C=C\C[C@@H](O)/C=C/C=C\C/C=C\C=C\[C@@H](O)/C=C\CCCC(=O)OC[C@H](COP(=O)([O-])OCC[N+](C)(C)C)O/C=C/CCCCCCCCCCCCCC. The summed E-state index contributed by atoms with van der Waals surface area (Å²) < 4.78 is 34.1. The zero-order valence-corrected chi connectivity index (χ0v) is 37.1. The number of rotatable bonds is 38. The van der Waals surface area contributed by atoms with Gasteiger partial charge in [-0.25, -0.2) is 0 Å². The van der Waals surface area contributed by atoms with Crippen LogP contribution in [0, 0.1) is 0 Å². The van der Waals surface area contributed by atoms with Gasteiger partial charge in [0.05, 0.1) is 46.2 Å². The van der Waals surface area contributed by atoms with Crippen LogP contribution in [0.1, 0.15) is 136 Å². The number of aliphatic hydroxyl groups excluding tert-OH is 2. The number of carbonyl (C=O) groups is 1. The number of phosphoric ester groups is 1. The minimum atomic E-state index is -4.57. The van der Waals surface area contributed by atoms with E-state index in [2.05, 4.69) is 13.8 Å². The minimum Gasteiger partial charge on any atom is -0.756 e. The molecule has 328 valence electrons. The summed E-state index contributed by atoms with van der Waals surface area (Å²) in [6.07, 6.45) is 43.4. The Morgan fingerprint density at radius 3 is 1.95 bits per heavy atom.